The van der Waals surface area contributed by atoms with Gasteiger partial charge in [-0.05, 0) is 39.5 Å². The van der Waals surface area contributed by atoms with Crippen molar-refractivity contribution in [3.05, 3.63) is 35.1 Å². The van der Waals surface area contributed by atoms with E-state index in [0.29, 0.717) is 18.2 Å². The van der Waals surface area contributed by atoms with E-state index in [-0.39, 0.29) is 17.2 Å². The average molecular weight is 278 g/mol. The van der Waals surface area contributed by atoms with Crippen molar-refractivity contribution in [2.24, 2.45) is 5.73 Å². The predicted octanol–water partition coefficient (Wildman–Crippen LogP) is 1.64. The highest BCUT2D eigenvalue weighted by Crippen LogP contribution is 2.19. The summed E-state index contributed by atoms with van der Waals surface area (Å²) in [7, 11) is 4.18. The van der Waals surface area contributed by atoms with Crippen molar-refractivity contribution in [1.29, 1.82) is 5.41 Å². The Morgan fingerprint density at radius 1 is 1.50 bits per heavy atom. The second-order valence-corrected chi connectivity index (χ2v) is 5.69. The van der Waals surface area contributed by atoms with E-state index in [4.69, 9.17) is 11.1 Å². The lowest BCUT2D eigenvalue weighted by Crippen LogP contribution is -2.44. The van der Waals surface area contributed by atoms with Crippen LogP contribution in [0.1, 0.15) is 24.0 Å². The van der Waals surface area contributed by atoms with Crippen molar-refractivity contribution < 1.29 is 4.39 Å². The summed E-state index contributed by atoms with van der Waals surface area (Å²) in [5.74, 6) is -0.568. The Bertz CT molecular complexity index is 487. The van der Waals surface area contributed by atoms with Crippen molar-refractivity contribution in [3.8, 4) is 0 Å². The summed E-state index contributed by atoms with van der Waals surface area (Å²) >= 11 is 0. The number of likely N-dealkylation sites (N-methyl/N-ethyl adjacent to an activating group) is 1. The topological polar surface area (TPSA) is 56.4 Å². The van der Waals surface area contributed by atoms with Gasteiger partial charge in [-0.15, -0.1) is 0 Å². The van der Waals surface area contributed by atoms with Crippen molar-refractivity contribution in [1.82, 2.24) is 9.80 Å². The molecule has 0 aromatic heterocycles. The second kappa shape index (κ2) is 6.33. The van der Waals surface area contributed by atoms with Gasteiger partial charge in [0.05, 0.1) is 5.56 Å². The minimum absolute atomic E-state index is 0.198. The number of hydrogen-bond acceptors (Lipinski definition) is 3. The first-order valence-corrected chi connectivity index (χ1v) is 6.99. The number of benzene rings is 1. The van der Waals surface area contributed by atoms with Crippen LogP contribution < -0.4 is 5.73 Å². The fourth-order valence-corrected chi connectivity index (χ4v) is 2.75. The first-order valence-electron chi connectivity index (χ1n) is 6.99. The van der Waals surface area contributed by atoms with Crippen LogP contribution in [0.5, 0.6) is 0 Å². The normalized spacial score (nSPS) is 20.3. The Morgan fingerprint density at radius 3 is 2.90 bits per heavy atom. The predicted molar refractivity (Wildman–Crippen MR) is 79.4 cm³/mol. The molecule has 1 heterocycles. The van der Waals surface area contributed by atoms with Crippen LogP contribution in [-0.4, -0.2) is 48.9 Å². The van der Waals surface area contributed by atoms with Crippen molar-refractivity contribution in [2.75, 3.05) is 27.2 Å². The third-order valence-electron chi connectivity index (χ3n) is 3.97. The maximum absolute atomic E-state index is 14.3. The maximum atomic E-state index is 14.3. The lowest BCUT2D eigenvalue weighted by molar-refractivity contribution is 0.127. The summed E-state index contributed by atoms with van der Waals surface area (Å²) in [4.78, 5) is 4.50. The Balaban J connectivity index is 2.10. The van der Waals surface area contributed by atoms with Crippen LogP contribution in [0, 0.1) is 11.2 Å². The van der Waals surface area contributed by atoms with Crippen LogP contribution in [0.25, 0.3) is 0 Å². The summed E-state index contributed by atoms with van der Waals surface area (Å²) in [5, 5.41) is 7.40. The van der Waals surface area contributed by atoms with Gasteiger partial charge in [0, 0.05) is 24.7 Å². The highest BCUT2D eigenvalue weighted by molar-refractivity contribution is 5.95. The lowest BCUT2D eigenvalue weighted by Gasteiger charge is -2.36. The fourth-order valence-electron chi connectivity index (χ4n) is 2.75. The van der Waals surface area contributed by atoms with E-state index in [2.05, 4.69) is 23.9 Å². The Hall–Kier alpha value is -1.46. The molecule has 20 heavy (non-hydrogen) atoms. The first kappa shape index (κ1) is 14.9. The van der Waals surface area contributed by atoms with Gasteiger partial charge in [0.15, 0.2) is 0 Å². The van der Waals surface area contributed by atoms with Crippen LogP contribution >= 0.6 is 0 Å². The number of nitrogens with zero attached hydrogens (tertiary/aromatic N) is 2. The molecule has 1 aliphatic rings. The molecule has 0 aliphatic carbocycles. The zero-order valence-electron chi connectivity index (χ0n) is 12.2. The standard InChI is InChI=1S/C15H23FN4/c1-19(2)12-6-4-8-20(10-12)9-11-5-3-7-13(14(11)16)15(17)18/h3,5,7,12H,4,6,8-10H2,1-2H3,(H3,17,18). The van der Waals surface area contributed by atoms with Gasteiger partial charge in [0.2, 0.25) is 0 Å². The molecule has 1 fully saturated rings. The summed E-state index contributed by atoms with van der Waals surface area (Å²) in [6.45, 7) is 2.53. The van der Waals surface area contributed by atoms with Gasteiger partial charge in [-0.1, -0.05) is 12.1 Å². The molecule has 3 N–H and O–H groups in total. The highest BCUT2D eigenvalue weighted by Gasteiger charge is 2.22. The third-order valence-corrected chi connectivity index (χ3v) is 3.97. The Morgan fingerprint density at radius 2 is 2.25 bits per heavy atom. The van der Waals surface area contributed by atoms with E-state index in [1.165, 1.54) is 6.42 Å². The summed E-state index contributed by atoms with van der Waals surface area (Å²) < 4.78 is 14.3. The summed E-state index contributed by atoms with van der Waals surface area (Å²) in [6.07, 6.45) is 2.33. The molecular weight excluding hydrogens is 255 g/mol. The van der Waals surface area contributed by atoms with E-state index in [9.17, 15) is 4.39 Å². The zero-order chi connectivity index (χ0) is 14.7. The van der Waals surface area contributed by atoms with Gasteiger partial charge in [0.25, 0.3) is 0 Å². The first-order chi connectivity index (χ1) is 9.49. The molecule has 1 aromatic carbocycles. The maximum Gasteiger partial charge on any atom is 0.138 e. The molecule has 4 nitrogen and oxygen atoms in total. The Labute approximate surface area is 119 Å². The van der Waals surface area contributed by atoms with E-state index in [0.717, 1.165) is 19.5 Å². The average Bonchev–Trinajstić information content (AvgIpc) is 2.41. The van der Waals surface area contributed by atoms with E-state index in [1.54, 1.807) is 18.2 Å². The van der Waals surface area contributed by atoms with Gasteiger partial charge in [-0.2, -0.15) is 0 Å². The quantitative estimate of drug-likeness (QED) is 0.650. The van der Waals surface area contributed by atoms with Crippen LogP contribution in [0.3, 0.4) is 0 Å². The van der Waals surface area contributed by atoms with Crippen LogP contribution in [0.2, 0.25) is 0 Å². The van der Waals surface area contributed by atoms with E-state index < -0.39 is 0 Å². The molecule has 2 rings (SSSR count). The van der Waals surface area contributed by atoms with Crippen LogP contribution in [0.4, 0.5) is 4.39 Å². The van der Waals surface area contributed by atoms with Gasteiger partial charge < -0.3 is 10.6 Å². The van der Waals surface area contributed by atoms with Crippen molar-refractivity contribution in [2.45, 2.75) is 25.4 Å². The van der Waals surface area contributed by atoms with E-state index >= 15 is 0 Å². The number of rotatable bonds is 4. The lowest BCUT2D eigenvalue weighted by atomic mass is 10.0. The molecule has 1 aromatic rings. The molecule has 1 atom stereocenters. The number of piperidine rings is 1. The molecule has 0 amide bonds. The van der Waals surface area contributed by atoms with Gasteiger partial charge in [-0.25, -0.2) is 4.39 Å². The summed E-state index contributed by atoms with van der Waals surface area (Å²) in [5.41, 5.74) is 6.22. The van der Waals surface area contributed by atoms with Crippen molar-refractivity contribution in [3.63, 3.8) is 0 Å². The van der Waals surface area contributed by atoms with Gasteiger partial charge >= 0.3 is 0 Å². The molecule has 0 radical (unpaired) electrons. The van der Waals surface area contributed by atoms with Crippen LogP contribution in [-0.2, 0) is 6.54 Å². The smallest absolute Gasteiger partial charge is 0.138 e. The van der Waals surface area contributed by atoms with Crippen LogP contribution in [0.15, 0.2) is 18.2 Å². The van der Waals surface area contributed by atoms with Gasteiger partial charge in [0.1, 0.15) is 11.7 Å². The SMILES string of the molecule is CN(C)C1CCCN(Cc2cccc(C(=N)N)c2F)C1. The number of likely N-dealkylation sites (tertiary alicyclic amines) is 1. The number of halogens is 1. The van der Waals surface area contributed by atoms with Crippen molar-refractivity contribution >= 4 is 5.84 Å². The number of hydrogen-bond donors (Lipinski definition) is 2. The molecule has 1 saturated heterocycles. The fraction of sp³-hybridized carbons (Fsp3) is 0.533. The molecular formula is C15H23FN4. The minimum Gasteiger partial charge on any atom is -0.384 e. The minimum atomic E-state index is -0.355. The largest absolute Gasteiger partial charge is 0.384 e. The molecule has 0 spiro atoms. The monoisotopic (exact) mass is 278 g/mol. The zero-order valence-corrected chi connectivity index (χ0v) is 12.2. The number of nitrogen functional groups attached to an aromatic ring is 1. The Kier molecular flexibility index (Phi) is 4.73. The molecule has 0 bridgehead atoms. The number of nitrogens with two attached hydrogens (primary N) is 1. The van der Waals surface area contributed by atoms with Gasteiger partial charge in [-0.3, -0.25) is 10.3 Å². The highest BCUT2D eigenvalue weighted by atomic mass is 19.1. The molecule has 1 unspecified atom stereocenters. The molecule has 0 saturated carbocycles. The molecule has 1 aliphatic heterocycles. The third kappa shape index (κ3) is 3.35. The van der Waals surface area contributed by atoms with E-state index in [1.807, 2.05) is 0 Å². The molecule has 110 valence electrons. The summed E-state index contributed by atoms with van der Waals surface area (Å²) in [6, 6.07) is 5.63. The second-order valence-electron chi connectivity index (χ2n) is 5.69. The molecule has 5 heteroatoms. The number of nitrogens with one attached hydrogen (secondary N) is 1. The number of amidine groups is 1.